The largest absolute Gasteiger partial charge is 0.483 e. The maximum absolute atomic E-state index is 12.9. The van der Waals surface area contributed by atoms with E-state index in [1.807, 2.05) is 17.9 Å². The maximum atomic E-state index is 12.9. The number of ether oxygens (including phenoxy) is 2. The topological polar surface area (TPSA) is 110 Å². The summed E-state index contributed by atoms with van der Waals surface area (Å²) in [5, 5.41) is 7.70. The van der Waals surface area contributed by atoms with Crippen molar-refractivity contribution >= 4 is 23.3 Å². The SMILES string of the molecule is Cc1cc(=O)oc2ccc(OC(C)C(=O)N3CCC(N4CCOCC4)CC3)cc12.O=CO. The Labute approximate surface area is 186 Å². The highest BCUT2D eigenvalue weighted by Gasteiger charge is 2.30. The van der Waals surface area contributed by atoms with Gasteiger partial charge in [-0.1, -0.05) is 0 Å². The first-order chi connectivity index (χ1) is 15.4. The van der Waals surface area contributed by atoms with Crippen LogP contribution in [0.4, 0.5) is 0 Å². The average molecular weight is 447 g/mol. The number of hydrogen-bond acceptors (Lipinski definition) is 7. The zero-order chi connectivity index (χ0) is 23.1. The Morgan fingerprint density at radius 1 is 1.19 bits per heavy atom. The number of nitrogens with zero attached hydrogens (tertiary/aromatic N) is 2. The second-order valence-corrected chi connectivity index (χ2v) is 7.98. The minimum Gasteiger partial charge on any atom is -0.483 e. The van der Waals surface area contributed by atoms with Gasteiger partial charge in [-0.2, -0.15) is 0 Å². The zero-order valence-corrected chi connectivity index (χ0v) is 18.5. The van der Waals surface area contributed by atoms with Crippen LogP contribution in [-0.4, -0.2) is 78.8 Å². The van der Waals surface area contributed by atoms with Crippen LogP contribution in [-0.2, 0) is 14.3 Å². The normalized spacial score (nSPS) is 18.5. The van der Waals surface area contributed by atoms with E-state index in [-0.39, 0.29) is 18.0 Å². The van der Waals surface area contributed by atoms with Crippen molar-refractivity contribution in [2.24, 2.45) is 0 Å². The number of carboxylic acid groups (broad SMARTS) is 1. The molecule has 1 unspecified atom stereocenters. The van der Waals surface area contributed by atoms with Crippen LogP contribution in [0.15, 0.2) is 33.5 Å². The number of morpholine rings is 1. The summed E-state index contributed by atoms with van der Waals surface area (Å²) in [4.78, 5) is 37.1. The van der Waals surface area contributed by atoms with Gasteiger partial charge in [-0.25, -0.2) is 4.79 Å². The third kappa shape index (κ3) is 5.86. The molecule has 1 amide bonds. The van der Waals surface area contributed by atoms with Crippen molar-refractivity contribution in [2.45, 2.75) is 38.8 Å². The molecule has 2 aliphatic heterocycles. The minimum atomic E-state index is -0.566. The van der Waals surface area contributed by atoms with E-state index in [0.29, 0.717) is 17.4 Å². The van der Waals surface area contributed by atoms with Crippen molar-refractivity contribution in [3.05, 3.63) is 40.2 Å². The van der Waals surface area contributed by atoms with Gasteiger partial charge in [0.1, 0.15) is 11.3 Å². The molecule has 1 N–H and O–H groups in total. The van der Waals surface area contributed by atoms with E-state index in [1.54, 1.807) is 19.1 Å². The summed E-state index contributed by atoms with van der Waals surface area (Å²) in [7, 11) is 0. The lowest BCUT2D eigenvalue weighted by atomic mass is 10.0. The van der Waals surface area contributed by atoms with Crippen LogP contribution in [0.2, 0.25) is 0 Å². The molecule has 1 atom stereocenters. The number of piperidine rings is 1. The number of rotatable bonds is 4. The van der Waals surface area contributed by atoms with E-state index in [1.165, 1.54) is 6.07 Å². The van der Waals surface area contributed by atoms with Crippen LogP contribution >= 0.6 is 0 Å². The molecular formula is C23H30N2O7. The van der Waals surface area contributed by atoms with E-state index < -0.39 is 6.10 Å². The van der Waals surface area contributed by atoms with Gasteiger partial charge < -0.3 is 23.9 Å². The summed E-state index contributed by atoms with van der Waals surface area (Å²) in [5.74, 6) is 0.611. The Morgan fingerprint density at radius 3 is 2.50 bits per heavy atom. The zero-order valence-electron chi connectivity index (χ0n) is 18.5. The number of likely N-dealkylation sites (tertiary alicyclic amines) is 1. The number of aryl methyl sites for hydroxylation is 1. The van der Waals surface area contributed by atoms with E-state index >= 15 is 0 Å². The highest BCUT2D eigenvalue weighted by Crippen LogP contribution is 2.24. The summed E-state index contributed by atoms with van der Waals surface area (Å²) in [6, 6.07) is 7.27. The monoisotopic (exact) mass is 446 g/mol. The first kappa shape index (κ1) is 23.7. The van der Waals surface area contributed by atoms with Gasteiger partial charge in [0.15, 0.2) is 6.10 Å². The molecule has 0 saturated carbocycles. The fourth-order valence-corrected chi connectivity index (χ4v) is 4.28. The lowest BCUT2D eigenvalue weighted by Gasteiger charge is -2.40. The lowest BCUT2D eigenvalue weighted by Crippen LogP contribution is -2.51. The fraction of sp³-hybridized carbons (Fsp3) is 0.522. The average Bonchev–Trinajstić information content (AvgIpc) is 2.80. The van der Waals surface area contributed by atoms with E-state index in [9.17, 15) is 9.59 Å². The molecule has 4 rings (SSSR count). The summed E-state index contributed by atoms with van der Waals surface area (Å²) in [6.45, 7) is 8.50. The third-order valence-electron chi connectivity index (χ3n) is 5.92. The van der Waals surface area contributed by atoms with Gasteiger partial charge in [-0.05, 0) is 50.5 Å². The molecule has 32 heavy (non-hydrogen) atoms. The molecule has 0 radical (unpaired) electrons. The molecule has 2 aliphatic rings. The second kappa shape index (κ2) is 11.1. The molecular weight excluding hydrogens is 416 g/mol. The molecule has 0 spiro atoms. The number of carbonyl (C=O) groups is 2. The molecule has 9 heteroatoms. The summed E-state index contributed by atoms with van der Waals surface area (Å²) >= 11 is 0. The van der Waals surface area contributed by atoms with Gasteiger partial charge in [0.25, 0.3) is 12.4 Å². The predicted molar refractivity (Wildman–Crippen MR) is 118 cm³/mol. The third-order valence-corrected chi connectivity index (χ3v) is 5.92. The summed E-state index contributed by atoms with van der Waals surface area (Å²) < 4.78 is 16.6. The van der Waals surface area contributed by atoms with Crippen molar-refractivity contribution in [2.75, 3.05) is 39.4 Å². The Morgan fingerprint density at radius 2 is 1.84 bits per heavy atom. The molecule has 2 saturated heterocycles. The van der Waals surface area contributed by atoms with Crippen molar-refractivity contribution in [3.8, 4) is 5.75 Å². The molecule has 9 nitrogen and oxygen atoms in total. The van der Waals surface area contributed by atoms with Gasteiger partial charge in [-0.15, -0.1) is 0 Å². The smallest absolute Gasteiger partial charge is 0.336 e. The number of benzene rings is 1. The summed E-state index contributed by atoms with van der Waals surface area (Å²) in [5.41, 5.74) is 0.977. The van der Waals surface area contributed by atoms with Crippen LogP contribution < -0.4 is 10.4 Å². The van der Waals surface area contributed by atoms with Crippen LogP contribution in [0.5, 0.6) is 5.75 Å². The first-order valence-electron chi connectivity index (χ1n) is 10.8. The number of carbonyl (C=O) groups excluding carboxylic acids is 1. The van der Waals surface area contributed by atoms with Gasteiger partial charge in [-0.3, -0.25) is 14.5 Å². The van der Waals surface area contributed by atoms with Gasteiger partial charge in [0.05, 0.1) is 13.2 Å². The van der Waals surface area contributed by atoms with Gasteiger partial charge in [0.2, 0.25) is 0 Å². The fourth-order valence-electron chi connectivity index (χ4n) is 4.28. The first-order valence-corrected chi connectivity index (χ1v) is 10.8. The van der Waals surface area contributed by atoms with E-state index in [4.69, 9.17) is 23.8 Å². The number of hydrogen-bond donors (Lipinski definition) is 1. The van der Waals surface area contributed by atoms with Crippen LogP contribution in [0.3, 0.4) is 0 Å². The molecule has 3 heterocycles. The molecule has 1 aromatic carbocycles. The van der Waals surface area contributed by atoms with E-state index in [2.05, 4.69) is 4.90 Å². The van der Waals surface area contributed by atoms with Crippen LogP contribution in [0, 0.1) is 6.92 Å². The Balaban J connectivity index is 0.000000913. The van der Waals surface area contributed by atoms with Crippen molar-refractivity contribution < 1.29 is 28.6 Å². The maximum Gasteiger partial charge on any atom is 0.336 e. The van der Waals surface area contributed by atoms with E-state index in [0.717, 1.165) is 63.2 Å². The van der Waals surface area contributed by atoms with Gasteiger partial charge >= 0.3 is 5.63 Å². The second-order valence-electron chi connectivity index (χ2n) is 7.98. The molecule has 2 aromatic rings. The van der Waals surface area contributed by atoms with Crippen molar-refractivity contribution in [1.29, 1.82) is 0 Å². The molecule has 0 bridgehead atoms. The van der Waals surface area contributed by atoms with Crippen LogP contribution in [0.1, 0.15) is 25.3 Å². The standard InChI is InChI=1S/C22H28N2O5.CH2O2/c1-15-13-21(25)29-20-4-3-18(14-19(15)20)28-16(2)22(26)24-7-5-17(6-8-24)23-9-11-27-12-10-23;2-1-3/h3-4,13-14,16-17H,5-12H2,1-2H3;1H,(H,2,3). The molecule has 1 aromatic heterocycles. The number of amides is 1. The molecule has 2 fully saturated rings. The Hall–Kier alpha value is -2.91. The molecule has 0 aliphatic carbocycles. The van der Waals surface area contributed by atoms with Crippen molar-refractivity contribution in [1.82, 2.24) is 9.80 Å². The number of fused-ring (bicyclic) bond motifs is 1. The molecule has 174 valence electrons. The highest BCUT2D eigenvalue weighted by molar-refractivity contribution is 5.83. The lowest BCUT2D eigenvalue weighted by molar-refractivity contribution is -0.139. The summed E-state index contributed by atoms with van der Waals surface area (Å²) in [6.07, 6.45) is 1.42. The van der Waals surface area contributed by atoms with Crippen molar-refractivity contribution in [3.63, 3.8) is 0 Å². The quantitative estimate of drug-likeness (QED) is 0.560. The Bertz CT molecular complexity index is 976. The van der Waals surface area contributed by atoms with Gasteiger partial charge in [0, 0.05) is 43.7 Å². The minimum absolute atomic E-state index is 0.0156. The Kier molecular flexibility index (Phi) is 8.24. The predicted octanol–water partition coefficient (Wildman–Crippen LogP) is 1.89. The highest BCUT2D eigenvalue weighted by atomic mass is 16.5. The van der Waals surface area contributed by atoms with Crippen LogP contribution in [0.25, 0.3) is 11.0 Å².